The van der Waals surface area contributed by atoms with Gasteiger partial charge in [0.1, 0.15) is 5.52 Å². The number of hydrogen-bond donors (Lipinski definition) is 2. The van der Waals surface area contributed by atoms with Crippen molar-refractivity contribution in [3.05, 3.63) is 41.8 Å². The largest absolute Gasteiger partial charge is 0.336 e. The van der Waals surface area contributed by atoms with E-state index in [2.05, 4.69) is 30.0 Å². The Hall–Kier alpha value is -2.59. The van der Waals surface area contributed by atoms with Gasteiger partial charge in [0, 0.05) is 12.4 Å². The van der Waals surface area contributed by atoms with Crippen LogP contribution in [0.4, 0.5) is 21.6 Å². The zero-order valence-corrected chi connectivity index (χ0v) is 13.7. The van der Waals surface area contributed by atoms with Crippen molar-refractivity contribution in [3.8, 4) is 0 Å². The van der Waals surface area contributed by atoms with E-state index in [1.165, 1.54) is 18.5 Å². The van der Waals surface area contributed by atoms with Gasteiger partial charge >= 0.3 is 0 Å². The molecule has 2 N–H and O–H groups in total. The number of anilines is 3. The van der Waals surface area contributed by atoms with Crippen LogP contribution >= 0.6 is 11.6 Å². The first-order valence-electron chi connectivity index (χ1n) is 6.50. The highest BCUT2D eigenvalue weighted by Crippen LogP contribution is 2.32. The number of aromatic nitrogens is 4. The Bertz CT molecular complexity index is 1030. The molecule has 0 aliphatic rings. The number of sulfonamides is 1. The van der Waals surface area contributed by atoms with Crippen molar-refractivity contribution in [1.82, 2.24) is 19.9 Å². The lowest BCUT2D eigenvalue weighted by atomic mass is 10.2. The van der Waals surface area contributed by atoms with Gasteiger partial charge in [-0.1, -0.05) is 0 Å². The highest BCUT2D eigenvalue weighted by atomic mass is 35.5. The predicted octanol–water partition coefficient (Wildman–Crippen LogP) is 2.33. The van der Waals surface area contributed by atoms with Gasteiger partial charge in [-0.2, -0.15) is 4.98 Å². The van der Waals surface area contributed by atoms with Gasteiger partial charge < -0.3 is 5.32 Å². The van der Waals surface area contributed by atoms with Crippen LogP contribution in [0.5, 0.6) is 0 Å². The first-order valence-corrected chi connectivity index (χ1v) is 8.77. The number of fused-ring (bicyclic) bond motifs is 1. The average molecular weight is 369 g/mol. The third-order valence-corrected chi connectivity index (χ3v) is 3.65. The van der Waals surface area contributed by atoms with E-state index in [0.717, 1.165) is 12.5 Å². The molecule has 0 bridgehead atoms. The van der Waals surface area contributed by atoms with Crippen molar-refractivity contribution >= 4 is 49.9 Å². The monoisotopic (exact) mass is 368 g/mol. The second-order valence-electron chi connectivity index (χ2n) is 4.75. The van der Waals surface area contributed by atoms with Gasteiger partial charge in [0.2, 0.25) is 15.3 Å². The molecule has 0 aliphatic heterocycles. The lowest BCUT2D eigenvalue weighted by Crippen LogP contribution is -2.12. The van der Waals surface area contributed by atoms with E-state index in [1.54, 1.807) is 6.07 Å². The summed E-state index contributed by atoms with van der Waals surface area (Å²) < 4.78 is 39.5. The van der Waals surface area contributed by atoms with E-state index in [1.807, 2.05) is 0 Å². The Morgan fingerprint density at radius 2 is 1.92 bits per heavy atom. The molecule has 0 unspecified atom stereocenters. The Balaban J connectivity index is 2.16. The van der Waals surface area contributed by atoms with Gasteiger partial charge in [-0.15, -0.1) is 0 Å². The molecule has 0 spiro atoms. The third-order valence-electron chi connectivity index (χ3n) is 2.90. The molecule has 124 valence electrons. The lowest BCUT2D eigenvalue weighted by Gasteiger charge is -2.14. The maximum Gasteiger partial charge on any atom is 0.229 e. The second kappa shape index (κ2) is 6.13. The normalized spacial score (nSPS) is 11.5. The predicted molar refractivity (Wildman–Crippen MR) is 88.3 cm³/mol. The SMILES string of the molecule is CS(=O)(=O)Nc1c(Nc2nc(Cl)ncc2F)ccc2nccnc12. The first-order chi connectivity index (χ1) is 11.3. The summed E-state index contributed by atoms with van der Waals surface area (Å²) >= 11 is 5.66. The fraction of sp³-hybridized carbons (Fsp3) is 0.0769. The van der Waals surface area contributed by atoms with Crippen LogP contribution in [0.2, 0.25) is 5.28 Å². The lowest BCUT2D eigenvalue weighted by molar-refractivity contribution is 0.607. The highest BCUT2D eigenvalue weighted by molar-refractivity contribution is 7.92. The molecule has 2 heterocycles. The number of nitrogens with one attached hydrogen (secondary N) is 2. The minimum absolute atomic E-state index is 0.122. The van der Waals surface area contributed by atoms with Gasteiger partial charge in [-0.25, -0.2) is 17.8 Å². The summed E-state index contributed by atoms with van der Waals surface area (Å²) in [6, 6.07) is 3.14. The summed E-state index contributed by atoms with van der Waals surface area (Å²) in [5.74, 6) is -0.946. The molecule has 0 amide bonds. The van der Waals surface area contributed by atoms with Crippen molar-refractivity contribution in [2.75, 3.05) is 16.3 Å². The van der Waals surface area contributed by atoms with Gasteiger partial charge in [0.15, 0.2) is 11.6 Å². The minimum Gasteiger partial charge on any atom is -0.336 e. The quantitative estimate of drug-likeness (QED) is 0.680. The van der Waals surface area contributed by atoms with Crippen LogP contribution in [0.1, 0.15) is 0 Å². The summed E-state index contributed by atoms with van der Waals surface area (Å²) in [5.41, 5.74) is 1.13. The summed E-state index contributed by atoms with van der Waals surface area (Å²) in [4.78, 5) is 15.5. The van der Waals surface area contributed by atoms with Crippen molar-refractivity contribution in [1.29, 1.82) is 0 Å². The molecule has 0 aliphatic carbocycles. The molecular weight excluding hydrogens is 359 g/mol. The van der Waals surface area contributed by atoms with Crippen molar-refractivity contribution in [3.63, 3.8) is 0 Å². The fourth-order valence-corrected chi connectivity index (χ4v) is 2.70. The van der Waals surface area contributed by atoms with Crippen LogP contribution in [0.15, 0.2) is 30.7 Å². The molecule has 24 heavy (non-hydrogen) atoms. The Labute approximate surface area is 141 Å². The van der Waals surface area contributed by atoms with Crippen LogP contribution in [0.3, 0.4) is 0 Å². The zero-order valence-electron chi connectivity index (χ0n) is 12.2. The molecule has 11 heteroatoms. The molecule has 0 fully saturated rings. The summed E-state index contributed by atoms with van der Waals surface area (Å²) in [6.07, 6.45) is 4.79. The number of nitrogens with zero attached hydrogens (tertiary/aromatic N) is 4. The van der Waals surface area contributed by atoms with E-state index in [0.29, 0.717) is 11.0 Å². The van der Waals surface area contributed by atoms with Crippen molar-refractivity contribution < 1.29 is 12.8 Å². The molecule has 0 saturated carbocycles. The zero-order chi connectivity index (χ0) is 17.3. The van der Waals surface area contributed by atoms with E-state index >= 15 is 0 Å². The number of hydrogen-bond acceptors (Lipinski definition) is 7. The van der Waals surface area contributed by atoms with Crippen molar-refractivity contribution in [2.45, 2.75) is 0 Å². The Morgan fingerprint density at radius 3 is 2.67 bits per heavy atom. The maximum absolute atomic E-state index is 13.8. The van der Waals surface area contributed by atoms with E-state index in [9.17, 15) is 12.8 Å². The van der Waals surface area contributed by atoms with Crippen LogP contribution in [-0.2, 0) is 10.0 Å². The molecule has 2 aromatic heterocycles. The fourth-order valence-electron chi connectivity index (χ4n) is 1.99. The molecule has 3 rings (SSSR count). The molecule has 0 saturated heterocycles. The third kappa shape index (κ3) is 3.49. The van der Waals surface area contributed by atoms with Gasteiger partial charge in [0.05, 0.1) is 29.3 Å². The van der Waals surface area contributed by atoms with E-state index in [-0.39, 0.29) is 22.5 Å². The minimum atomic E-state index is -3.61. The highest BCUT2D eigenvalue weighted by Gasteiger charge is 2.16. The van der Waals surface area contributed by atoms with E-state index in [4.69, 9.17) is 11.6 Å². The average Bonchev–Trinajstić information content (AvgIpc) is 2.52. The summed E-state index contributed by atoms with van der Waals surface area (Å²) in [6.45, 7) is 0. The molecule has 8 nitrogen and oxygen atoms in total. The molecule has 0 atom stereocenters. The number of rotatable bonds is 4. The van der Waals surface area contributed by atoms with Gasteiger partial charge in [-0.05, 0) is 23.7 Å². The number of halogens is 2. The number of benzene rings is 1. The summed E-state index contributed by atoms with van der Waals surface area (Å²) in [7, 11) is -3.61. The van der Waals surface area contributed by atoms with Crippen LogP contribution in [-0.4, -0.2) is 34.6 Å². The Morgan fingerprint density at radius 1 is 1.17 bits per heavy atom. The van der Waals surface area contributed by atoms with Crippen molar-refractivity contribution in [2.24, 2.45) is 0 Å². The smallest absolute Gasteiger partial charge is 0.229 e. The molecule has 0 radical (unpaired) electrons. The molecule has 3 aromatic rings. The Kier molecular flexibility index (Phi) is 4.16. The first kappa shape index (κ1) is 16.3. The maximum atomic E-state index is 13.8. The second-order valence-corrected chi connectivity index (χ2v) is 6.83. The molecule has 1 aromatic carbocycles. The summed E-state index contributed by atoms with van der Waals surface area (Å²) in [5, 5.41) is 2.54. The van der Waals surface area contributed by atoms with E-state index < -0.39 is 15.8 Å². The van der Waals surface area contributed by atoms with Gasteiger partial charge in [0.25, 0.3) is 0 Å². The molecular formula is C13H10ClFN6O2S. The topological polar surface area (TPSA) is 110 Å². The standard InChI is InChI=1S/C13H10ClFN6O2S/c1-24(22,23)21-11-9(3-2-8-10(11)17-5-4-16-8)19-12-7(15)6-18-13(14)20-12/h2-6,21H,1H3,(H,18,19,20). The van der Waals surface area contributed by atoms with Crippen LogP contribution in [0, 0.1) is 5.82 Å². The van der Waals surface area contributed by atoms with Crippen LogP contribution < -0.4 is 10.0 Å². The van der Waals surface area contributed by atoms with Crippen LogP contribution in [0.25, 0.3) is 11.0 Å². The van der Waals surface area contributed by atoms with Gasteiger partial charge in [-0.3, -0.25) is 14.7 Å².